The molecule has 0 heterocycles. The van der Waals surface area contributed by atoms with E-state index in [1.54, 1.807) is 0 Å². The maximum Gasteiger partial charge on any atom is 0.303 e. The molecule has 0 spiro atoms. The van der Waals surface area contributed by atoms with E-state index in [1.165, 1.54) is 32.1 Å². The fraction of sp³-hybridized carbons (Fsp3) is 0.650. The van der Waals surface area contributed by atoms with E-state index in [1.807, 2.05) is 0 Å². The number of hydrogen-bond donors (Lipinski definition) is 1. The Kier molecular flexibility index (Phi) is 16.7. The Labute approximate surface area is 137 Å². The van der Waals surface area contributed by atoms with E-state index >= 15 is 0 Å². The highest BCUT2D eigenvalue weighted by atomic mass is 16.4. The largest absolute Gasteiger partial charge is 0.481 e. The maximum absolute atomic E-state index is 10.3. The predicted molar refractivity (Wildman–Crippen MR) is 96.1 cm³/mol. The minimum Gasteiger partial charge on any atom is -0.481 e. The summed E-state index contributed by atoms with van der Waals surface area (Å²) in [5.74, 6) is -0.678. The van der Waals surface area contributed by atoms with Crippen LogP contribution in [0, 0.1) is 0 Å². The lowest BCUT2D eigenvalue weighted by Crippen LogP contribution is -1.93. The molecule has 0 aromatic heterocycles. The number of unbranched alkanes of at least 4 members (excludes halogenated alkanes) is 7. The van der Waals surface area contributed by atoms with Gasteiger partial charge in [-0.05, 0) is 44.9 Å². The average Bonchev–Trinajstić information content (AvgIpc) is 2.50. The van der Waals surface area contributed by atoms with Gasteiger partial charge < -0.3 is 5.11 Å². The van der Waals surface area contributed by atoms with Gasteiger partial charge in [0, 0.05) is 6.42 Å². The molecule has 0 aliphatic carbocycles. The van der Waals surface area contributed by atoms with E-state index in [0.717, 1.165) is 38.5 Å². The molecule has 0 amide bonds. The van der Waals surface area contributed by atoms with Crippen LogP contribution in [-0.4, -0.2) is 11.1 Å². The Bertz CT molecular complexity index is 327. The zero-order valence-electron chi connectivity index (χ0n) is 14.3. The normalized spacial score (nSPS) is 12.0. The fourth-order valence-corrected chi connectivity index (χ4v) is 2.18. The van der Waals surface area contributed by atoms with Crippen LogP contribution in [0.15, 0.2) is 36.5 Å². The molecule has 126 valence electrons. The van der Waals surface area contributed by atoms with Gasteiger partial charge in [-0.2, -0.15) is 0 Å². The summed E-state index contributed by atoms with van der Waals surface area (Å²) in [5.41, 5.74) is 0. The molecule has 0 aliphatic rings. The van der Waals surface area contributed by atoms with Gasteiger partial charge in [0.15, 0.2) is 0 Å². The highest BCUT2D eigenvalue weighted by molar-refractivity contribution is 5.66. The van der Waals surface area contributed by atoms with Crippen molar-refractivity contribution in [3.8, 4) is 0 Å². The van der Waals surface area contributed by atoms with Gasteiger partial charge in [0.2, 0.25) is 0 Å². The molecule has 0 fully saturated rings. The monoisotopic (exact) mass is 306 g/mol. The lowest BCUT2D eigenvalue weighted by molar-refractivity contribution is -0.137. The summed E-state index contributed by atoms with van der Waals surface area (Å²) in [7, 11) is 0. The summed E-state index contributed by atoms with van der Waals surface area (Å²) >= 11 is 0. The molecule has 0 saturated heterocycles. The molecule has 0 unspecified atom stereocenters. The van der Waals surface area contributed by atoms with Gasteiger partial charge in [0.1, 0.15) is 0 Å². The predicted octanol–water partition coefficient (Wildman–Crippen LogP) is 6.44. The molecule has 0 aromatic rings. The number of aliphatic carboxylic acids is 1. The minimum absolute atomic E-state index is 0.313. The van der Waals surface area contributed by atoms with E-state index in [9.17, 15) is 4.79 Å². The average molecular weight is 306 g/mol. The van der Waals surface area contributed by atoms with Crippen molar-refractivity contribution in [3.63, 3.8) is 0 Å². The van der Waals surface area contributed by atoms with Gasteiger partial charge in [-0.25, -0.2) is 0 Å². The minimum atomic E-state index is -0.678. The number of carboxylic acids is 1. The van der Waals surface area contributed by atoms with Gasteiger partial charge in [0.25, 0.3) is 0 Å². The second-order valence-electron chi connectivity index (χ2n) is 5.73. The van der Waals surface area contributed by atoms with E-state index in [4.69, 9.17) is 5.11 Å². The zero-order chi connectivity index (χ0) is 16.3. The summed E-state index contributed by atoms with van der Waals surface area (Å²) in [6, 6.07) is 0. The second-order valence-corrected chi connectivity index (χ2v) is 5.73. The Balaban J connectivity index is 3.29. The zero-order valence-corrected chi connectivity index (χ0v) is 14.3. The van der Waals surface area contributed by atoms with Gasteiger partial charge in [0.05, 0.1) is 0 Å². The van der Waals surface area contributed by atoms with Crippen LogP contribution in [0.2, 0.25) is 0 Å². The first-order valence-corrected chi connectivity index (χ1v) is 8.94. The van der Waals surface area contributed by atoms with Crippen molar-refractivity contribution in [2.75, 3.05) is 0 Å². The van der Waals surface area contributed by atoms with Crippen LogP contribution >= 0.6 is 0 Å². The molecule has 0 bridgehead atoms. The van der Waals surface area contributed by atoms with Crippen molar-refractivity contribution in [3.05, 3.63) is 36.5 Å². The van der Waals surface area contributed by atoms with E-state index in [0.29, 0.717) is 6.42 Å². The van der Waals surface area contributed by atoms with Crippen LogP contribution in [0.1, 0.15) is 84.0 Å². The van der Waals surface area contributed by atoms with Crippen molar-refractivity contribution in [1.82, 2.24) is 0 Å². The molecular formula is C20H34O2. The topological polar surface area (TPSA) is 37.3 Å². The molecule has 1 N–H and O–H groups in total. The van der Waals surface area contributed by atoms with E-state index < -0.39 is 5.97 Å². The van der Waals surface area contributed by atoms with Crippen LogP contribution in [0.4, 0.5) is 0 Å². The quantitative estimate of drug-likeness (QED) is 0.279. The van der Waals surface area contributed by atoms with Crippen molar-refractivity contribution >= 4 is 5.97 Å². The van der Waals surface area contributed by atoms with Crippen LogP contribution in [0.3, 0.4) is 0 Å². The van der Waals surface area contributed by atoms with Crippen molar-refractivity contribution < 1.29 is 9.90 Å². The van der Waals surface area contributed by atoms with Crippen LogP contribution in [0.25, 0.3) is 0 Å². The Morgan fingerprint density at radius 1 is 0.727 bits per heavy atom. The molecular weight excluding hydrogens is 272 g/mol. The summed E-state index contributed by atoms with van der Waals surface area (Å²) in [6.07, 6.45) is 26.3. The second kappa shape index (κ2) is 17.7. The maximum atomic E-state index is 10.3. The first-order chi connectivity index (χ1) is 10.8. The molecule has 0 saturated carbocycles. The molecule has 22 heavy (non-hydrogen) atoms. The van der Waals surface area contributed by atoms with Crippen molar-refractivity contribution in [2.24, 2.45) is 0 Å². The van der Waals surface area contributed by atoms with Gasteiger partial charge in [-0.15, -0.1) is 0 Å². The SMILES string of the molecule is CCCCC/C=C/C/C=C\C/C=C\CCCCCCC(=O)O. The molecule has 0 radical (unpaired) electrons. The van der Waals surface area contributed by atoms with Crippen molar-refractivity contribution in [1.29, 1.82) is 0 Å². The Morgan fingerprint density at radius 2 is 1.23 bits per heavy atom. The van der Waals surface area contributed by atoms with Crippen molar-refractivity contribution in [2.45, 2.75) is 84.0 Å². The number of allylic oxidation sites excluding steroid dienone is 6. The number of hydrogen-bond acceptors (Lipinski definition) is 1. The Hall–Kier alpha value is -1.31. The molecule has 0 atom stereocenters. The lowest BCUT2D eigenvalue weighted by Gasteiger charge is -1.96. The van der Waals surface area contributed by atoms with E-state index in [-0.39, 0.29) is 0 Å². The standard InChI is InChI=1S/C20H34O2/c1-2-3-4-5-6-7-8-9-10-11-12-13-14-15-16-17-18-19-20(21)22/h6-7,9-10,12-13H,2-5,8,11,14-19H2,1H3,(H,21,22)/b7-6+,10-9-,13-12-. The first kappa shape index (κ1) is 20.7. The summed E-state index contributed by atoms with van der Waals surface area (Å²) < 4.78 is 0. The molecule has 2 nitrogen and oxygen atoms in total. The van der Waals surface area contributed by atoms with Crippen LogP contribution < -0.4 is 0 Å². The number of carboxylic acid groups (broad SMARTS) is 1. The number of carbonyl (C=O) groups is 1. The van der Waals surface area contributed by atoms with Crippen LogP contribution in [0.5, 0.6) is 0 Å². The van der Waals surface area contributed by atoms with E-state index in [2.05, 4.69) is 43.4 Å². The first-order valence-electron chi connectivity index (χ1n) is 8.94. The highest BCUT2D eigenvalue weighted by Gasteiger charge is 1.95. The summed E-state index contributed by atoms with van der Waals surface area (Å²) in [6.45, 7) is 2.24. The van der Waals surface area contributed by atoms with Gasteiger partial charge >= 0.3 is 5.97 Å². The van der Waals surface area contributed by atoms with Gasteiger partial charge in [-0.1, -0.05) is 69.1 Å². The molecule has 0 rings (SSSR count). The van der Waals surface area contributed by atoms with Crippen LogP contribution in [-0.2, 0) is 4.79 Å². The third-order valence-corrected chi connectivity index (χ3v) is 3.53. The fourth-order valence-electron chi connectivity index (χ4n) is 2.18. The lowest BCUT2D eigenvalue weighted by atomic mass is 10.1. The molecule has 2 heteroatoms. The summed E-state index contributed by atoms with van der Waals surface area (Å²) in [4.78, 5) is 10.3. The molecule has 0 aliphatic heterocycles. The highest BCUT2D eigenvalue weighted by Crippen LogP contribution is 2.06. The summed E-state index contributed by atoms with van der Waals surface area (Å²) in [5, 5.41) is 8.52. The smallest absolute Gasteiger partial charge is 0.303 e. The molecule has 0 aromatic carbocycles. The Morgan fingerprint density at radius 3 is 1.77 bits per heavy atom. The third kappa shape index (κ3) is 18.7. The number of rotatable bonds is 15. The van der Waals surface area contributed by atoms with Gasteiger partial charge in [-0.3, -0.25) is 4.79 Å². The third-order valence-electron chi connectivity index (χ3n) is 3.53.